The number of rotatable bonds is 8. The fourth-order valence-corrected chi connectivity index (χ4v) is 5.31. The first kappa shape index (κ1) is 26.5. The lowest BCUT2D eigenvalue weighted by Gasteiger charge is -2.38. The molecule has 2 unspecified atom stereocenters. The second-order valence-corrected chi connectivity index (χ2v) is 9.44. The zero-order chi connectivity index (χ0) is 26.7. The van der Waals surface area contributed by atoms with Gasteiger partial charge in [0.25, 0.3) is 0 Å². The Balaban J connectivity index is 1.85. The molecule has 2 atom stereocenters. The summed E-state index contributed by atoms with van der Waals surface area (Å²) in [5.74, 6) is 3.95. The maximum Gasteiger partial charge on any atom is 0.203 e. The van der Waals surface area contributed by atoms with Gasteiger partial charge in [-0.3, -0.25) is 0 Å². The van der Waals surface area contributed by atoms with Crippen LogP contribution in [-0.4, -0.2) is 47.8 Å². The molecule has 2 aromatic carbocycles. The third-order valence-corrected chi connectivity index (χ3v) is 6.91. The monoisotopic (exact) mass is 526 g/mol. The molecule has 198 valence electrons. The minimum absolute atomic E-state index is 0.149. The average molecular weight is 527 g/mol. The van der Waals surface area contributed by atoms with E-state index in [1.807, 2.05) is 24.3 Å². The molecule has 1 aliphatic carbocycles. The molecule has 0 fully saturated rings. The topological polar surface area (TPSA) is 79.4 Å². The number of ether oxygens (including phenoxy) is 6. The summed E-state index contributed by atoms with van der Waals surface area (Å²) in [6, 6.07) is 7.69. The highest BCUT2D eigenvalue weighted by atomic mass is 32.1. The number of nitrogens with one attached hydrogen (secondary N) is 2. The third-order valence-electron chi connectivity index (χ3n) is 6.69. The van der Waals surface area contributed by atoms with Crippen LogP contribution < -0.4 is 39.1 Å². The van der Waals surface area contributed by atoms with E-state index in [0.717, 1.165) is 35.2 Å². The van der Waals surface area contributed by atoms with E-state index >= 15 is 0 Å². The van der Waals surface area contributed by atoms with Crippen LogP contribution in [0.5, 0.6) is 34.5 Å². The summed E-state index contributed by atoms with van der Waals surface area (Å²) in [5, 5.41) is 7.44. The molecule has 9 heteroatoms. The molecule has 0 aromatic heterocycles. The quantitative estimate of drug-likeness (QED) is 0.461. The van der Waals surface area contributed by atoms with Gasteiger partial charge < -0.3 is 39.1 Å². The molecule has 1 heterocycles. The molecule has 37 heavy (non-hydrogen) atoms. The molecule has 0 spiro atoms. The summed E-state index contributed by atoms with van der Waals surface area (Å²) in [4.78, 5) is 0. The summed E-state index contributed by atoms with van der Waals surface area (Å²) >= 11 is 5.65. The van der Waals surface area contributed by atoms with E-state index in [1.54, 1.807) is 42.7 Å². The fraction of sp³-hybridized carbons (Fsp3) is 0.393. The van der Waals surface area contributed by atoms with Crippen LogP contribution in [0.2, 0.25) is 0 Å². The lowest BCUT2D eigenvalue weighted by Crippen LogP contribution is -2.45. The van der Waals surface area contributed by atoms with Gasteiger partial charge >= 0.3 is 0 Å². The Morgan fingerprint density at radius 1 is 0.757 bits per heavy atom. The van der Waals surface area contributed by atoms with Gasteiger partial charge in [0.1, 0.15) is 0 Å². The minimum Gasteiger partial charge on any atom is -0.493 e. The SMILES string of the molecule is COc1cc(C=C2CC(C)CC3=C2NC(=S)NC3c2cc(OC)c(OC)c(OC)c2)cc(OC)c1OC. The Morgan fingerprint density at radius 3 is 1.76 bits per heavy atom. The van der Waals surface area contributed by atoms with Gasteiger partial charge in [0.2, 0.25) is 11.5 Å². The van der Waals surface area contributed by atoms with E-state index in [-0.39, 0.29) is 6.04 Å². The molecule has 4 rings (SSSR count). The molecular weight excluding hydrogens is 492 g/mol. The van der Waals surface area contributed by atoms with Crippen LogP contribution in [-0.2, 0) is 0 Å². The van der Waals surface area contributed by atoms with E-state index in [0.29, 0.717) is 45.5 Å². The zero-order valence-corrected chi connectivity index (χ0v) is 23.1. The lowest BCUT2D eigenvalue weighted by atomic mass is 9.78. The van der Waals surface area contributed by atoms with Crippen LogP contribution in [0.1, 0.15) is 36.9 Å². The summed E-state index contributed by atoms with van der Waals surface area (Å²) in [5.41, 5.74) is 5.34. The summed E-state index contributed by atoms with van der Waals surface area (Å²) in [7, 11) is 9.67. The fourth-order valence-electron chi connectivity index (χ4n) is 5.09. The first-order valence-corrected chi connectivity index (χ1v) is 12.4. The van der Waals surface area contributed by atoms with Gasteiger partial charge in [-0.15, -0.1) is 0 Å². The smallest absolute Gasteiger partial charge is 0.203 e. The Morgan fingerprint density at radius 2 is 1.27 bits per heavy atom. The molecule has 0 saturated carbocycles. The highest BCUT2D eigenvalue weighted by molar-refractivity contribution is 7.80. The maximum absolute atomic E-state index is 5.65. The van der Waals surface area contributed by atoms with Crippen molar-refractivity contribution in [1.82, 2.24) is 10.6 Å². The number of methoxy groups -OCH3 is 6. The van der Waals surface area contributed by atoms with Crippen LogP contribution in [0, 0.1) is 5.92 Å². The highest BCUT2D eigenvalue weighted by Crippen LogP contribution is 2.46. The Labute approximate surface area is 223 Å². The second-order valence-electron chi connectivity index (χ2n) is 9.03. The molecule has 2 aliphatic rings. The van der Waals surface area contributed by atoms with Gasteiger partial charge in [0.15, 0.2) is 28.1 Å². The van der Waals surface area contributed by atoms with Gasteiger partial charge in [-0.05, 0) is 83.6 Å². The largest absolute Gasteiger partial charge is 0.493 e. The van der Waals surface area contributed by atoms with E-state index < -0.39 is 0 Å². The van der Waals surface area contributed by atoms with Gasteiger partial charge in [0, 0.05) is 5.70 Å². The maximum atomic E-state index is 5.65. The van der Waals surface area contributed by atoms with Crippen LogP contribution >= 0.6 is 12.2 Å². The van der Waals surface area contributed by atoms with Crippen LogP contribution in [0.15, 0.2) is 41.1 Å². The first-order valence-electron chi connectivity index (χ1n) is 12.0. The Kier molecular flexibility index (Phi) is 8.02. The molecule has 2 aromatic rings. The second kappa shape index (κ2) is 11.2. The van der Waals surface area contributed by atoms with Gasteiger partial charge in [0.05, 0.1) is 48.7 Å². The summed E-state index contributed by atoms with van der Waals surface area (Å²) in [6.45, 7) is 2.26. The zero-order valence-electron chi connectivity index (χ0n) is 22.3. The number of benzene rings is 2. The number of allylic oxidation sites excluding steroid dienone is 1. The van der Waals surface area contributed by atoms with Gasteiger partial charge in [-0.1, -0.05) is 6.92 Å². The van der Waals surface area contributed by atoms with Crippen molar-refractivity contribution in [3.63, 3.8) is 0 Å². The van der Waals surface area contributed by atoms with E-state index in [2.05, 4.69) is 23.6 Å². The van der Waals surface area contributed by atoms with Crippen LogP contribution in [0.3, 0.4) is 0 Å². The molecule has 1 aliphatic heterocycles. The molecular formula is C28H34N2O6S. The molecule has 0 amide bonds. The summed E-state index contributed by atoms with van der Waals surface area (Å²) < 4.78 is 33.4. The van der Waals surface area contributed by atoms with Crippen molar-refractivity contribution in [1.29, 1.82) is 0 Å². The normalized spacial score (nSPS) is 20.0. The predicted octanol–water partition coefficient (Wildman–Crippen LogP) is 5.02. The van der Waals surface area contributed by atoms with Gasteiger partial charge in [-0.2, -0.15) is 0 Å². The van der Waals surface area contributed by atoms with Crippen molar-refractivity contribution in [2.45, 2.75) is 25.8 Å². The van der Waals surface area contributed by atoms with Crippen molar-refractivity contribution in [2.75, 3.05) is 42.7 Å². The predicted molar refractivity (Wildman–Crippen MR) is 147 cm³/mol. The van der Waals surface area contributed by atoms with Crippen LogP contribution in [0.4, 0.5) is 0 Å². The third kappa shape index (κ3) is 5.13. The minimum atomic E-state index is -0.149. The molecule has 8 nitrogen and oxygen atoms in total. The molecule has 0 bridgehead atoms. The first-order chi connectivity index (χ1) is 17.9. The van der Waals surface area contributed by atoms with Crippen molar-refractivity contribution in [3.05, 3.63) is 52.2 Å². The average Bonchev–Trinajstić information content (AvgIpc) is 2.91. The van der Waals surface area contributed by atoms with Crippen molar-refractivity contribution < 1.29 is 28.4 Å². The van der Waals surface area contributed by atoms with E-state index in [1.165, 1.54) is 5.57 Å². The summed E-state index contributed by atoms with van der Waals surface area (Å²) in [6.07, 6.45) is 3.96. The Bertz CT molecular complexity index is 1210. The number of hydrogen-bond donors (Lipinski definition) is 2. The van der Waals surface area contributed by atoms with E-state index in [4.69, 9.17) is 40.6 Å². The van der Waals surface area contributed by atoms with Crippen molar-refractivity contribution >= 4 is 23.4 Å². The van der Waals surface area contributed by atoms with Crippen molar-refractivity contribution in [2.24, 2.45) is 5.92 Å². The molecule has 0 radical (unpaired) electrons. The number of thiocarbonyl (C=S) groups is 1. The Hall–Kier alpha value is -3.59. The van der Waals surface area contributed by atoms with Gasteiger partial charge in [-0.25, -0.2) is 0 Å². The lowest BCUT2D eigenvalue weighted by molar-refractivity contribution is 0.323. The van der Waals surface area contributed by atoms with E-state index in [9.17, 15) is 0 Å². The highest BCUT2D eigenvalue weighted by Gasteiger charge is 2.34. The van der Waals surface area contributed by atoms with Crippen molar-refractivity contribution in [3.8, 4) is 34.5 Å². The van der Waals surface area contributed by atoms with Crippen LogP contribution in [0.25, 0.3) is 6.08 Å². The standard InChI is InChI=1S/C28H34N2O6S/c1-15-8-17(10-16-11-20(31-2)26(35-6)21(12-16)32-3)24-19(9-15)25(30-28(37)29-24)18-13-22(33-4)27(36-7)23(14-18)34-5/h10-15,25H,8-9H2,1-7H3,(H2,29,30,37). The molecule has 0 saturated heterocycles. The molecule has 2 N–H and O–H groups in total. The number of hydrogen-bond acceptors (Lipinski definition) is 7.